The summed E-state index contributed by atoms with van der Waals surface area (Å²) in [6, 6.07) is 0. The van der Waals surface area contributed by atoms with Crippen LogP contribution in [0.2, 0.25) is 0 Å². The van der Waals surface area contributed by atoms with Gasteiger partial charge in [0.25, 0.3) is 0 Å². The zero-order chi connectivity index (χ0) is 8.44. The van der Waals surface area contributed by atoms with Gasteiger partial charge in [-0.1, -0.05) is 12.8 Å². The van der Waals surface area contributed by atoms with E-state index < -0.39 is 0 Å². The average Bonchev–Trinajstić information content (AvgIpc) is 2.13. The van der Waals surface area contributed by atoms with Crippen LogP contribution in [0, 0.1) is 5.41 Å². The number of nitrogens with zero attached hydrogens (tertiary/aromatic N) is 2. The first-order valence-corrected chi connectivity index (χ1v) is 5.13. The van der Waals surface area contributed by atoms with Crippen molar-refractivity contribution < 1.29 is 21.1 Å². The van der Waals surface area contributed by atoms with Crippen LogP contribution < -0.4 is 0 Å². The van der Waals surface area contributed by atoms with Crippen molar-refractivity contribution in [3.05, 3.63) is 5.32 Å². The summed E-state index contributed by atoms with van der Waals surface area (Å²) < 4.78 is 0. The Hall–Kier alpha value is 0.608. The molecule has 0 amide bonds. The Morgan fingerprint density at radius 3 is 2.08 bits per heavy atom. The van der Waals surface area contributed by atoms with E-state index >= 15 is 0 Å². The number of likely N-dealkylation sites (tertiary alicyclic amines) is 1. The van der Waals surface area contributed by atoms with E-state index in [9.17, 15) is 0 Å². The van der Waals surface area contributed by atoms with Crippen LogP contribution in [0.5, 0.6) is 0 Å². The molecule has 2 fully saturated rings. The summed E-state index contributed by atoms with van der Waals surface area (Å²) in [6.45, 7) is 4.87. The summed E-state index contributed by atoms with van der Waals surface area (Å²) in [7, 11) is 2.24. The Morgan fingerprint density at radius 2 is 1.54 bits per heavy atom. The second kappa shape index (κ2) is 4.91. The second-order valence-electron chi connectivity index (χ2n) is 4.47. The fraction of sp³-hybridized carbons (Fsp3) is 1.00. The summed E-state index contributed by atoms with van der Waals surface area (Å²) in [6.07, 6.45) is 5.56. The van der Waals surface area contributed by atoms with Gasteiger partial charge >= 0.3 is 0 Å². The summed E-state index contributed by atoms with van der Waals surface area (Å²) in [5.74, 6) is 0. The summed E-state index contributed by atoms with van der Waals surface area (Å²) in [5.41, 5.74) is 0.703. The Bertz CT molecular complexity index is 145. The predicted octanol–water partition coefficient (Wildman–Crippen LogP) is 1.86. The van der Waals surface area contributed by atoms with Gasteiger partial charge < -0.3 is 10.2 Å². The van der Waals surface area contributed by atoms with Crippen molar-refractivity contribution in [2.24, 2.45) is 5.41 Å². The van der Waals surface area contributed by atoms with Gasteiger partial charge in [-0.05, 0) is 38.4 Å². The molecule has 76 valence electrons. The number of piperidine rings is 2. The molecule has 0 unspecified atom stereocenters. The molecule has 0 aromatic carbocycles. The van der Waals surface area contributed by atoms with Crippen molar-refractivity contribution in [1.82, 2.24) is 4.90 Å². The Balaban J connectivity index is 0.000000845. The van der Waals surface area contributed by atoms with Crippen molar-refractivity contribution in [1.29, 1.82) is 0 Å². The van der Waals surface area contributed by atoms with Crippen molar-refractivity contribution in [2.75, 3.05) is 33.2 Å². The van der Waals surface area contributed by atoms with Crippen molar-refractivity contribution in [3.63, 3.8) is 0 Å². The zero-order valence-electron chi connectivity index (χ0n) is 8.46. The molecule has 0 saturated carbocycles. The van der Waals surface area contributed by atoms with E-state index in [4.69, 9.17) is 0 Å². The molecule has 0 aromatic rings. The van der Waals surface area contributed by atoms with Gasteiger partial charge in [-0.25, -0.2) is 0 Å². The Morgan fingerprint density at radius 1 is 1.00 bits per heavy atom. The van der Waals surface area contributed by atoms with Gasteiger partial charge in [0.1, 0.15) is 0 Å². The summed E-state index contributed by atoms with van der Waals surface area (Å²) in [5, 5.41) is 4.43. The Labute approximate surface area is 95.7 Å². The molecule has 0 aromatic heterocycles. The molecule has 2 heterocycles. The van der Waals surface area contributed by atoms with Crippen LogP contribution in [0.4, 0.5) is 0 Å². The summed E-state index contributed by atoms with van der Waals surface area (Å²) in [4.78, 5) is 2.46. The van der Waals surface area contributed by atoms with Crippen LogP contribution in [0.1, 0.15) is 25.7 Å². The molecule has 0 radical (unpaired) electrons. The second-order valence-corrected chi connectivity index (χ2v) is 4.47. The van der Waals surface area contributed by atoms with E-state index in [0.29, 0.717) is 5.41 Å². The first kappa shape index (κ1) is 11.7. The van der Waals surface area contributed by atoms with E-state index in [2.05, 4.69) is 17.3 Å². The molecule has 2 aliphatic rings. The van der Waals surface area contributed by atoms with Crippen LogP contribution >= 0.6 is 0 Å². The Kier molecular flexibility index (Phi) is 4.41. The monoisotopic (exact) mass is 351 g/mol. The van der Waals surface area contributed by atoms with E-state index in [-0.39, 0.29) is 21.1 Å². The third kappa shape index (κ3) is 2.78. The van der Waals surface area contributed by atoms with Gasteiger partial charge in [-0.2, -0.15) is 0 Å². The average molecular weight is 351 g/mol. The standard InChI is InChI=1S/C10H19N2.W/c1-12-8-4-10(5-9-12)2-6-11-7-3-10;/h2-9H2,1H3;/q-1;. The number of hydrogen-bond donors (Lipinski definition) is 0. The first-order chi connectivity index (χ1) is 5.81. The largest absolute Gasteiger partial charge is 0.662 e. The third-order valence-corrected chi connectivity index (χ3v) is 3.65. The van der Waals surface area contributed by atoms with Crippen LogP contribution in [0.25, 0.3) is 5.32 Å². The van der Waals surface area contributed by atoms with Crippen LogP contribution in [-0.2, 0) is 21.1 Å². The predicted molar refractivity (Wildman–Crippen MR) is 51.5 cm³/mol. The topological polar surface area (TPSA) is 17.3 Å². The van der Waals surface area contributed by atoms with Gasteiger partial charge in [-0.3, -0.25) is 0 Å². The normalized spacial score (nSPS) is 28.4. The molecule has 13 heavy (non-hydrogen) atoms. The van der Waals surface area contributed by atoms with Crippen molar-refractivity contribution in [2.45, 2.75) is 25.7 Å². The molecule has 3 heteroatoms. The van der Waals surface area contributed by atoms with Gasteiger partial charge in [0.2, 0.25) is 0 Å². The van der Waals surface area contributed by atoms with Gasteiger partial charge in [0.05, 0.1) is 0 Å². The van der Waals surface area contributed by atoms with E-state index in [0.717, 1.165) is 13.1 Å². The fourth-order valence-corrected chi connectivity index (χ4v) is 2.46. The van der Waals surface area contributed by atoms with E-state index in [1.807, 2.05) is 0 Å². The minimum absolute atomic E-state index is 0. The van der Waals surface area contributed by atoms with Gasteiger partial charge in [-0.15, -0.1) is 13.1 Å². The molecule has 2 saturated heterocycles. The molecule has 2 rings (SSSR count). The molecular formula is C10H19N2W-. The van der Waals surface area contributed by atoms with Crippen LogP contribution in [0.15, 0.2) is 0 Å². The van der Waals surface area contributed by atoms with Crippen LogP contribution in [-0.4, -0.2) is 38.1 Å². The van der Waals surface area contributed by atoms with Crippen LogP contribution in [0.3, 0.4) is 0 Å². The number of rotatable bonds is 0. The molecule has 0 aliphatic carbocycles. The minimum atomic E-state index is 0. The molecular weight excluding hydrogens is 332 g/mol. The maximum Gasteiger partial charge on any atom is 0 e. The smallest absolute Gasteiger partial charge is 0 e. The maximum atomic E-state index is 4.43. The van der Waals surface area contributed by atoms with Gasteiger partial charge in [0.15, 0.2) is 0 Å². The van der Waals surface area contributed by atoms with Crippen molar-refractivity contribution in [3.8, 4) is 0 Å². The van der Waals surface area contributed by atoms with E-state index in [1.165, 1.54) is 38.8 Å². The molecule has 2 aliphatic heterocycles. The summed E-state index contributed by atoms with van der Waals surface area (Å²) >= 11 is 0. The van der Waals surface area contributed by atoms with Gasteiger partial charge in [0, 0.05) is 21.1 Å². The SMILES string of the molecule is CN1CCC2(CC[N-]CC2)CC1.[W]. The maximum absolute atomic E-state index is 4.43. The molecule has 0 bridgehead atoms. The third-order valence-electron chi connectivity index (χ3n) is 3.65. The first-order valence-electron chi connectivity index (χ1n) is 5.13. The zero-order valence-corrected chi connectivity index (χ0v) is 11.4. The minimum Gasteiger partial charge on any atom is -0.662 e. The van der Waals surface area contributed by atoms with Crippen molar-refractivity contribution >= 4 is 0 Å². The van der Waals surface area contributed by atoms with E-state index in [1.54, 1.807) is 0 Å². The fourth-order valence-electron chi connectivity index (χ4n) is 2.46. The molecule has 2 nitrogen and oxygen atoms in total. The molecule has 1 spiro atoms. The molecule has 0 N–H and O–H groups in total. The molecule has 0 atom stereocenters. The number of hydrogen-bond acceptors (Lipinski definition) is 1. The quantitative estimate of drug-likeness (QED) is 0.651.